The van der Waals surface area contributed by atoms with Gasteiger partial charge in [-0.3, -0.25) is 0 Å². The Morgan fingerprint density at radius 1 is 1.23 bits per heavy atom. The van der Waals surface area contributed by atoms with Crippen LogP contribution in [-0.2, 0) is 13.0 Å². The van der Waals surface area contributed by atoms with Gasteiger partial charge in [-0.15, -0.1) is 22.7 Å². The first-order valence-electron chi connectivity index (χ1n) is 4.17. The van der Waals surface area contributed by atoms with Gasteiger partial charge in [-0.2, -0.15) is 0 Å². The van der Waals surface area contributed by atoms with E-state index in [1.165, 1.54) is 15.3 Å². The summed E-state index contributed by atoms with van der Waals surface area (Å²) in [5.41, 5.74) is 6.93. The van der Waals surface area contributed by atoms with E-state index in [2.05, 4.69) is 29.0 Å². The standard InChI is InChI=1S/C10H11NS2/c11-6-10-5-8(7-13-10)4-9-2-1-3-12-9/h1-3,5,7H,4,6,11H2. The Labute approximate surface area is 85.8 Å². The van der Waals surface area contributed by atoms with Crippen molar-refractivity contribution in [3.63, 3.8) is 0 Å². The molecule has 68 valence electrons. The van der Waals surface area contributed by atoms with Crippen LogP contribution in [0.5, 0.6) is 0 Å². The summed E-state index contributed by atoms with van der Waals surface area (Å²) in [6.45, 7) is 0.662. The number of hydrogen-bond donors (Lipinski definition) is 1. The predicted molar refractivity (Wildman–Crippen MR) is 59.3 cm³/mol. The summed E-state index contributed by atoms with van der Waals surface area (Å²) in [6, 6.07) is 6.46. The molecule has 2 heterocycles. The highest BCUT2D eigenvalue weighted by Crippen LogP contribution is 2.19. The summed E-state index contributed by atoms with van der Waals surface area (Å²) in [7, 11) is 0. The van der Waals surface area contributed by atoms with Gasteiger partial charge in [0.25, 0.3) is 0 Å². The Balaban J connectivity index is 2.10. The number of hydrogen-bond acceptors (Lipinski definition) is 3. The highest BCUT2D eigenvalue weighted by atomic mass is 32.1. The summed E-state index contributed by atoms with van der Waals surface area (Å²) < 4.78 is 0. The zero-order valence-electron chi connectivity index (χ0n) is 7.19. The van der Waals surface area contributed by atoms with Gasteiger partial charge in [0.05, 0.1) is 0 Å². The first-order chi connectivity index (χ1) is 6.38. The molecule has 2 aromatic rings. The molecule has 2 rings (SSSR count). The van der Waals surface area contributed by atoms with Crippen LogP contribution in [0.1, 0.15) is 15.3 Å². The second-order valence-corrected chi connectivity index (χ2v) is 4.91. The van der Waals surface area contributed by atoms with Gasteiger partial charge < -0.3 is 5.73 Å². The number of rotatable bonds is 3. The lowest BCUT2D eigenvalue weighted by atomic mass is 10.2. The molecule has 0 bridgehead atoms. The molecule has 0 aromatic carbocycles. The van der Waals surface area contributed by atoms with Crippen LogP contribution in [0.15, 0.2) is 29.0 Å². The molecule has 0 saturated carbocycles. The van der Waals surface area contributed by atoms with Crippen molar-refractivity contribution in [2.45, 2.75) is 13.0 Å². The molecule has 0 aliphatic rings. The van der Waals surface area contributed by atoms with Gasteiger partial charge in [0.2, 0.25) is 0 Å². The van der Waals surface area contributed by atoms with Gasteiger partial charge in [-0.05, 0) is 28.5 Å². The third-order valence-electron chi connectivity index (χ3n) is 1.87. The molecule has 0 unspecified atom stereocenters. The SMILES string of the molecule is NCc1cc(Cc2cccs2)cs1. The van der Waals surface area contributed by atoms with E-state index >= 15 is 0 Å². The lowest BCUT2D eigenvalue weighted by molar-refractivity contribution is 1.10. The van der Waals surface area contributed by atoms with Crippen molar-refractivity contribution in [3.05, 3.63) is 44.3 Å². The smallest absolute Gasteiger partial charge is 0.0273 e. The zero-order chi connectivity index (χ0) is 9.10. The van der Waals surface area contributed by atoms with Crippen LogP contribution in [0.4, 0.5) is 0 Å². The van der Waals surface area contributed by atoms with E-state index in [1.54, 1.807) is 11.3 Å². The number of thiophene rings is 2. The number of nitrogens with two attached hydrogens (primary N) is 1. The fraction of sp³-hybridized carbons (Fsp3) is 0.200. The Kier molecular flexibility index (Phi) is 2.78. The van der Waals surface area contributed by atoms with Gasteiger partial charge in [0, 0.05) is 22.7 Å². The van der Waals surface area contributed by atoms with Gasteiger partial charge in [0.15, 0.2) is 0 Å². The van der Waals surface area contributed by atoms with Crippen molar-refractivity contribution < 1.29 is 0 Å². The topological polar surface area (TPSA) is 26.0 Å². The maximum absolute atomic E-state index is 5.55. The molecule has 0 amide bonds. The third-order valence-corrected chi connectivity index (χ3v) is 3.75. The summed E-state index contributed by atoms with van der Waals surface area (Å²) >= 11 is 3.56. The lowest BCUT2D eigenvalue weighted by Gasteiger charge is -1.91. The molecule has 2 N–H and O–H groups in total. The van der Waals surface area contributed by atoms with E-state index in [0.717, 1.165) is 6.42 Å². The molecular formula is C10H11NS2. The molecule has 3 heteroatoms. The highest BCUT2D eigenvalue weighted by molar-refractivity contribution is 7.10. The van der Waals surface area contributed by atoms with Crippen LogP contribution in [-0.4, -0.2) is 0 Å². The van der Waals surface area contributed by atoms with E-state index in [-0.39, 0.29) is 0 Å². The predicted octanol–water partition coefficient (Wildman–Crippen LogP) is 2.86. The normalized spacial score (nSPS) is 10.5. The van der Waals surface area contributed by atoms with Crippen molar-refractivity contribution in [2.75, 3.05) is 0 Å². The summed E-state index contributed by atoms with van der Waals surface area (Å²) in [5.74, 6) is 0. The van der Waals surface area contributed by atoms with Crippen molar-refractivity contribution in [1.29, 1.82) is 0 Å². The fourth-order valence-corrected chi connectivity index (χ4v) is 2.75. The Morgan fingerprint density at radius 3 is 2.77 bits per heavy atom. The van der Waals surface area contributed by atoms with Crippen LogP contribution < -0.4 is 5.73 Å². The molecule has 0 aliphatic carbocycles. The molecule has 13 heavy (non-hydrogen) atoms. The van der Waals surface area contributed by atoms with E-state index in [4.69, 9.17) is 5.73 Å². The van der Waals surface area contributed by atoms with Gasteiger partial charge in [0.1, 0.15) is 0 Å². The fourth-order valence-electron chi connectivity index (χ4n) is 1.24. The third kappa shape index (κ3) is 2.18. The van der Waals surface area contributed by atoms with Crippen LogP contribution in [0.25, 0.3) is 0 Å². The lowest BCUT2D eigenvalue weighted by Crippen LogP contribution is -1.91. The van der Waals surface area contributed by atoms with E-state index in [0.29, 0.717) is 6.54 Å². The second kappa shape index (κ2) is 4.05. The molecule has 1 nitrogen and oxygen atoms in total. The summed E-state index contributed by atoms with van der Waals surface area (Å²) in [6.07, 6.45) is 1.05. The van der Waals surface area contributed by atoms with Crippen molar-refractivity contribution in [1.82, 2.24) is 0 Å². The molecule has 0 aliphatic heterocycles. The Bertz CT molecular complexity index is 362. The van der Waals surface area contributed by atoms with Crippen molar-refractivity contribution in [3.8, 4) is 0 Å². The monoisotopic (exact) mass is 209 g/mol. The van der Waals surface area contributed by atoms with Crippen molar-refractivity contribution >= 4 is 22.7 Å². The average molecular weight is 209 g/mol. The first-order valence-corrected chi connectivity index (χ1v) is 5.93. The molecule has 0 atom stereocenters. The van der Waals surface area contributed by atoms with Crippen LogP contribution in [0, 0.1) is 0 Å². The minimum atomic E-state index is 0.662. The molecular weight excluding hydrogens is 198 g/mol. The van der Waals surface area contributed by atoms with Gasteiger partial charge >= 0.3 is 0 Å². The molecule has 0 spiro atoms. The largest absolute Gasteiger partial charge is 0.326 e. The van der Waals surface area contributed by atoms with Gasteiger partial charge in [-0.1, -0.05) is 6.07 Å². The van der Waals surface area contributed by atoms with Crippen molar-refractivity contribution in [2.24, 2.45) is 5.73 Å². The second-order valence-electron chi connectivity index (χ2n) is 2.88. The summed E-state index contributed by atoms with van der Waals surface area (Å²) in [5, 5.41) is 4.31. The van der Waals surface area contributed by atoms with Crippen LogP contribution in [0.3, 0.4) is 0 Å². The minimum Gasteiger partial charge on any atom is -0.326 e. The molecule has 0 radical (unpaired) electrons. The van der Waals surface area contributed by atoms with Crippen LogP contribution >= 0.6 is 22.7 Å². The first kappa shape index (κ1) is 8.94. The zero-order valence-corrected chi connectivity index (χ0v) is 8.83. The van der Waals surface area contributed by atoms with Gasteiger partial charge in [-0.25, -0.2) is 0 Å². The molecule has 0 saturated heterocycles. The highest BCUT2D eigenvalue weighted by Gasteiger charge is 2.00. The minimum absolute atomic E-state index is 0.662. The average Bonchev–Trinajstić information content (AvgIpc) is 2.76. The summed E-state index contributed by atoms with van der Waals surface area (Å²) in [4.78, 5) is 2.69. The maximum atomic E-state index is 5.55. The van der Waals surface area contributed by atoms with E-state index < -0.39 is 0 Å². The molecule has 0 fully saturated rings. The quantitative estimate of drug-likeness (QED) is 0.826. The molecule has 2 aromatic heterocycles. The maximum Gasteiger partial charge on any atom is 0.0273 e. The van der Waals surface area contributed by atoms with E-state index in [9.17, 15) is 0 Å². The van der Waals surface area contributed by atoms with Crippen LogP contribution in [0.2, 0.25) is 0 Å². The Hall–Kier alpha value is -0.640. The Morgan fingerprint density at radius 2 is 2.15 bits per heavy atom. The van der Waals surface area contributed by atoms with E-state index in [1.807, 2.05) is 11.3 Å².